The number of benzene rings is 1. The Hall–Kier alpha value is -4.21. The molecule has 0 aliphatic heterocycles. The van der Waals surface area contributed by atoms with Crippen molar-refractivity contribution in [2.45, 2.75) is 31.4 Å². The van der Waals surface area contributed by atoms with Gasteiger partial charge in [-0.15, -0.1) is 0 Å². The highest BCUT2D eigenvalue weighted by molar-refractivity contribution is 5.81. The number of methoxy groups -OCH3 is 1. The first-order valence-electron chi connectivity index (χ1n) is 11.9. The molecule has 1 fully saturated rings. The first kappa shape index (κ1) is 23.2. The van der Waals surface area contributed by atoms with Crippen LogP contribution < -0.4 is 4.74 Å². The number of alkyl halides is 3. The quantitative estimate of drug-likeness (QED) is 0.311. The average Bonchev–Trinajstić information content (AvgIpc) is 3.55. The standard InChI is InChI=1S/C27H23F3N6O/c1-36-14-21(27(28,29)30)34-25(36)17-5-3-15(4-6-17)11-18-12-32-20-13-33-24(35-23(18)20)22-19(16-7-8-16)9-10-31-26(22)37-2/h3-6,9-10,12-14,16,32H,7-8,11H2,1-2H3. The summed E-state index contributed by atoms with van der Waals surface area (Å²) in [6.07, 6.45) is 4.80. The lowest BCUT2D eigenvalue weighted by Crippen LogP contribution is -2.04. The molecule has 0 bridgehead atoms. The van der Waals surface area contributed by atoms with Crippen LogP contribution in [0.15, 0.2) is 55.1 Å². The Bertz CT molecular complexity index is 1600. The van der Waals surface area contributed by atoms with Crippen molar-refractivity contribution in [3.8, 4) is 28.7 Å². The average molecular weight is 505 g/mol. The lowest BCUT2D eigenvalue weighted by molar-refractivity contribution is -0.140. The van der Waals surface area contributed by atoms with Crippen molar-refractivity contribution in [1.82, 2.24) is 29.5 Å². The van der Waals surface area contributed by atoms with Crippen LogP contribution in [0, 0.1) is 0 Å². The molecular formula is C27H23F3N6O. The summed E-state index contributed by atoms with van der Waals surface area (Å²) < 4.78 is 46.1. The smallest absolute Gasteiger partial charge is 0.434 e. The molecule has 1 saturated carbocycles. The molecule has 0 amide bonds. The second-order valence-corrected chi connectivity index (χ2v) is 9.26. The minimum Gasteiger partial charge on any atom is -0.480 e. The summed E-state index contributed by atoms with van der Waals surface area (Å²) in [6, 6.07) is 9.38. The number of hydrogen-bond donors (Lipinski definition) is 1. The van der Waals surface area contributed by atoms with E-state index in [0.717, 1.165) is 52.3 Å². The second kappa shape index (κ2) is 8.72. The van der Waals surface area contributed by atoms with Crippen LogP contribution in [0.4, 0.5) is 13.2 Å². The number of ether oxygens (including phenoxy) is 1. The molecule has 0 radical (unpaired) electrons. The van der Waals surface area contributed by atoms with Crippen molar-refractivity contribution in [3.63, 3.8) is 0 Å². The first-order valence-corrected chi connectivity index (χ1v) is 11.9. The van der Waals surface area contributed by atoms with Crippen LogP contribution in [0.25, 0.3) is 33.8 Å². The number of rotatable bonds is 6. The van der Waals surface area contributed by atoms with E-state index in [2.05, 4.69) is 19.9 Å². The fraction of sp³-hybridized carbons (Fsp3) is 0.259. The molecule has 1 aliphatic rings. The molecule has 4 aromatic heterocycles. The van der Waals surface area contributed by atoms with Crippen LogP contribution in [-0.2, 0) is 19.6 Å². The maximum atomic E-state index is 13.0. The highest BCUT2D eigenvalue weighted by Gasteiger charge is 2.34. The topological polar surface area (TPSA) is 81.5 Å². The van der Waals surface area contributed by atoms with Crippen LogP contribution >= 0.6 is 0 Å². The fourth-order valence-electron chi connectivity index (χ4n) is 4.65. The Kier molecular flexibility index (Phi) is 5.47. The SMILES string of the molecule is COc1nccc(C2CC2)c1-c1ncc2[nH]cc(Cc3ccc(-c4nc(C(F)(F)F)cn4C)cc3)c2n1. The molecule has 1 aliphatic carbocycles. The molecule has 37 heavy (non-hydrogen) atoms. The summed E-state index contributed by atoms with van der Waals surface area (Å²) >= 11 is 0. The predicted octanol–water partition coefficient (Wildman–Crippen LogP) is 5.92. The van der Waals surface area contributed by atoms with Gasteiger partial charge in [-0.05, 0) is 36.0 Å². The predicted molar refractivity (Wildman–Crippen MR) is 132 cm³/mol. The van der Waals surface area contributed by atoms with Gasteiger partial charge in [0.25, 0.3) is 0 Å². The molecule has 0 atom stereocenters. The molecule has 1 N–H and O–H groups in total. The number of imidazole rings is 1. The summed E-state index contributed by atoms with van der Waals surface area (Å²) in [5, 5.41) is 0. The fourth-order valence-corrected chi connectivity index (χ4v) is 4.65. The van der Waals surface area contributed by atoms with Gasteiger partial charge in [-0.3, -0.25) is 0 Å². The van der Waals surface area contributed by atoms with Gasteiger partial charge in [0.2, 0.25) is 5.88 Å². The van der Waals surface area contributed by atoms with E-state index in [1.807, 2.05) is 24.4 Å². The van der Waals surface area contributed by atoms with Crippen LogP contribution in [-0.4, -0.2) is 36.6 Å². The number of nitrogens with one attached hydrogen (secondary N) is 1. The van der Waals surface area contributed by atoms with E-state index in [1.54, 1.807) is 38.7 Å². The number of pyridine rings is 1. The molecule has 6 rings (SSSR count). The van der Waals surface area contributed by atoms with Crippen molar-refractivity contribution in [2.24, 2.45) is 7.05 Å². The lowest BCUT2D eigenvalue weighted by atomic mass is 10.0. The Morgan fingerprint density at radius 3 is 2.54 bits per heavy atom. The van der Waals surface area contributed by atoms with Gasteiger partial charge in [0.15, 0.2) is 11.5 Å². The number of nitrogens with zero attached hydrogens (tertiary/aromatic N) is 5. The Balaban J connectivity index is 1.31. The summed E-state index contributed by atoms with van der Waals surface area (Å²) in [5.41, 5.74) is 5.30. The van der Waals surface area contributed by atoms with E-state index >= 15 is 0 Å². The molecule has 188 valence electrons. The molecule has 0 spiro atoms. The number of aromatic amines is 1. The molecule has 5 aromatic rings. The number of fused-ring (bicyclic) bond motifs is 1. The van der Waals surface area contributed by atoms with Gasteiger partial charge in [0.1, 0.15) is 5.82 Å². The van der Waals surface area contributed by atoms with Crippen molar-refractivity contribution in [1.29, 1.82) is 0 Å². The van der Waals surface area contributed by atoms with Gasteiger partial charge in [0, 0.05) is 43.2 Å². The van der Waals surface area contributed by atoms with Gasteiger partial charge in [0.05, 0.1) is 29.9 Å². The minimum absolute atomic E-state index is 0.264. The molecule has 10 heteroatoms. The largest absolute Gasteiger partial charge is 0.480 e. The van der Waals surface area contributed by atoms with Crippen molar-refractivity contribution in [2.75, 3.05) is 7.11 Å². The number of hydrogen-bond acceptors (Lipinski definition) is 5. The van der Waals surface area contributed by atoms with Crippen LogP contribution in [0.3, 0.4) is 0 Å². The lowest BCUT2D eigenvalue weighted by Gasteiger charge is -2.11. The van der Waals surface area contributed by atoms with Gasteiger partial charge >= 0.3 is 6.18 Å². The van der Waals surface area contributed by atoms with E-state index in [1.165, 1.54) is 4.57 Å². The zero-order valence-electron chi connectivity index (χ0n) is 20.2. The molecular weight excluding hydrogens is 481 g/mol. The Morgan fingerprint density at radius 1 is 1.08 bits per heavy atom. The molecule has 4 heterocycles. The molecule has 0 saturated heterocycles. The molecule has 0 unspecified atom stereocenters. The van der Waals surface area contributed by atoms with Crippen molar-refractivity contribution < 1.29 is 17.9 Å². The van der Waals surface area contributed by atoms with Crippen LogP contribution in [0.5, 0.6) is 5.88 Å². The third-order valence-electron chi connectivity index (χ3n) is 6.65. The maximum absolute atomic E-state index is 13.0. The van der Waals surface area contributed by atoms with E-state index in [9.17, 15) is 13.2 Å². The Morgan fingerprint density at radius 2 is 1.86 bits per heavy atom. The number of aromatic nitrogens is 6. The van der Waals surface area contributed by atoms with E-state index in [-0.39, 0.29) is 5.82 Å². The normalized spacial score (nSPS) is 13.9. The van der Waals surface area contributed by atoms with Gasteiger partial charge in [-0.1, -0.05) is 24.3 Å². The van der Waals surface area contributed by atoms with E-state index in [4.69, 9.17) is 9.72 Å². The van der Waals surface area contributed by atoms with Crippen molar-refractivity contribution in [3.05, 3.63) is 77.5 Å². The number of aryl methyl sites for hydroxylation is 1. The maximum Gasteiger partial charge on any atom is 0.434 e. The van der Waals surface area contributed by atoms with Crippen molar-refractivity contribution >= 4 is 11.0 Å². The number of H-pyrrole nitrogens is 1. The van der Waals surface area contributed by atoms with Gasteiger partial charge < -0.3 is 14.3 Å². The molecule has 1 aromatic carbocycles. The number of halogens is 3. The monoisotopic (exact) mass is 504 g/mol. The second-order valence-electron chi connectivity index (χ2n) is 9.26. The third kappa shape index (κ3) is 4.32. The Labute approximate surface area is 210 Å². The summed E-state index contributed by atoms with van der Waals surface area (Å²) in [6.45, 7) is 0. The van der Waals surface area contributed by atoms with Crippen LogP contribution in [0.1, 0.15) is 41.1 Å². The zero-order valence-corrected chi connectivity index (χ0v) is 20.2. The highest BCUT2D eigenvalue weighted by atomic mass is 19.4. The van der Waals surface area contributed by atoms with Gasteiger partial charge in [-0.25, -0.2) is 19.9 Å². The van der Waals surface area contributed by atoms with E-state index < -0.39 is 11.9 Å². The minimum atomic E-state index is -4.48. The van der Waals surface area contributed by atoms with E-state index in [0.29, 0.717) is 29.6 Å². The van der Waals surface area contributed by atoms with Gasteiger partial charge in [-0.2, -0.15) is 13.2 Å². The summed E-state index contributed by atoms with van der Waals surface area (Å²) in [7, 11) is 3.15. The summed E-state index contributed by atoms with van der Waals surface area (Å²) in [5.74, 6) is 1.83. The first-order chi connectivity index (χ1) is 17.8. The van der Waals surface area contributed by atoms with Crippen LogP contribution in [0.2, 0.25) is 0 Å². The summed E-state index contributed by atoms with van der Waals surface area (Å²) in [4.78, 5) is 20.9. The third-order valence-corrected chi connectivity index (χ3v) is 6.65. The zero-order chi connectivity index (χ0) is 25.7. The molecule has 7 nitrogen and oxygen atoms in total. The highest BCUT2D eigenvalue weighted by Crippen LogP contribution is 2.46.